The van der Waals surface area contributed by atoms with E-state index in [0.717, 1.165) is 67.5 Å². The number of piperidine rings is 1. The van der Waals surface area contributed by atoms with Crippen molar-refractivity contribution in [1.29, 1.82) is 0 Å². The van der Waals surface area contributed by atoms with Gasteiger partial charge in [0.15, 0.2) is 0 Å². The van der Waals surface area contributed by atoms with Gasteiger partial charge < -0.3 is 15.5 Å². The Hall–Kier alpha value is -4.03. The van der Waals surface area contributed by atoms with Crippen molar-refractivity contribution in [3.05, 3.63) is 66.9 Å². The molecule has 2 aromatic carbocycles. The summed E-state index contributed by atoms with van der Waals surface area (Å²) in [4.78, 5) is 8.58. The largest absolute Gasteiger partial charge is 0.370 e. The van der Waals surface area contributed by atoms with E-state index >= 15 is 0 Å². The maximum absolute atomic E-state index is 11.7. The Bertz CT molecular complexity index is 1640. The first kappa shape index (κ1) is 29.1. The molecule has 1 aliphatic carbocycles. The molecule has 3 unspecified atom stereocenters. The molecule has 3 heterocycles. The highest BCUT2D eigenvalue weighted by Crippen LogP contribution is 2.28. The molecule has 0 bridgehead atoms. The minimum atomic E-state index is -3.34. The molecule has 0 amide bonds. The van der Waals surface area contributed by atoms with Crippen LogP contribution in [-0.4, -0.2) is 71.1 Å². The molecule has 1 aliphatic heterocycles. The summed E-state index contributed by atoms with van der Waals surface area (Å²) in [6, 6.07) is 20.9. The summed E-state index contributed by atoms with van der Waals surface area (Å²) in [5.41, 5.74) is 4.65. The van der Waals surface area contributed by atoms with Crippen LogP contribution >= 0.6 is 0 Å². The zero-order valence-electron chi connectivity index (χ0n) is 24.6. The Kier molecular flexibility index (Phi) is 8.57. The summed E-state index contributed by atoms with van der Waals surface area (Å²) in [6.45, 7) is 2.02. The molecule has 43 heavy (non-hydrogen) atoms. The number of aromatic nitrogens is 5. The van der Waals surface area contributed by atoms with Crippen molar-refractivity contribution in [2.75, 3.05) is 34.3 Å². The first-order valence-corrected chi connectivity index (χ1v) is 16.8. The third-order valence-electron chi connectivity index (χ3n) is 8.23. The van der Waals surface area contributed by atoms with Gasteiger partial charge in [0, 0.05) is 54.4 Å². The maximum Gasteiger partial charge on any atom is 0.229 e. The van der Waals surface area contributed by atoms with Crippen molar-refractivity contribution < 1.29 is 8.42 Å². The van der Waals surface area contributed by atoms with Crippen LogP contribution in [0.2, 0.25) is 0 Å². The van der Waals surface area contributed by atoms with Gasteiger partial charge in [-0.3, -0.25) is 4.72 Å². The van der Waals surface area contributed by atoms with Crippen LogP contribution in [-0.2, 0) is 17.1 Å². The van der Waals surface area contributed by atoms with E-state index in [1.165, 1.54) is 23.3 Å². The fourth-order valence-corrected chi connectivity index (χ4v) is 6.78. The SMILES string of the molecule is Cn1nnc(-c2ccc(N3CCCC(NC4CCCCC4Nc4cc(-c5cccc(NS(C)(=O)=O)c5)ccn4)C3)cc2)n1. The Balaban J connectivity index is 1.10. The lowest BCUT2D eigenvalue weighted by Gasteiger charge is -2.40. The van der Waals surface area contributed by atoms with Crippen LogP contribution in [0.1, 0.15) is 38.5 Å². The van der Waals surface area contributed by atoms with Crippen LogP contribution in [0, 0.1) is 0 Å². The van der Waals surface area contributed by atoms with Gasteiger partial charge in [0.25, 0.3) is 0 Å². The topological polar surface area (TPSA) is 130 Å². The predicted molar refractivity (Wildman–Crippen MR) is 170 cm³/mol. The Morgan fingerprint density at radius 2 is 1.67 bits per heavy atom. The van der Waals surface area contributed by atoms with E-state index in [1.807, 2.05) is 36.5 Å². The summed E-state index contributed by atoms with van der Waals surface area (Å²) in [6.07, 6.45) is 9.91. The highest BCUT2D eigenvalue weighted by Gasteiger charge is 2.29. The standard InChI is InChI=1S/C31H39N9O2S/c1-39-36-31(35-38-39)22-12-14-27(15-13-22)40-18-6-9-26(21-40)33-28-10-3-4-11-29(28)34-30-20-24(16-17-32-30)23-7-5-8-25(19-23)37-43(2,41)42/h5,7-8,12-17,19-20,26,28-29,33,37H,3-4,6,9-11,18,21H2,1-2H3,(H,32,34). The van der Waals surface area contributed by atoms with Gasteiger partial charge in [0.1, 0.15) is 5.82 Å². The quantitative estimate of drug-likeness (QED) is 0.257. The number of tetrazole rings is 1. The summed E-state index contributed by atoms with van der Waals surface area (Å²) in [5.74, 6) is 1.47. The number of hydrogen-bond acceptors (Lipinski definition) is 9. The summed E-state index contributed by atoms with van der Waals surface area (Å²) in [5, 5.41) is 20.1. The van der Waals surface area contributed by atoms with Gasteiger partial charge in [-0.25, -0.2) is 13.4 Å². The molecule has 2 aromatic heterocycles. The second-order valence-electron chi connectivity index (χ2n) is 11.6. The highest BCUT2D eigenvalue weighted by molar-refractivity contribution is 7.92. The fourth-order valence-electron chi connectivity index (χ4n) is 6.23. The molecule has 2 aliphatic rings. The summed E-state index contributed by atoms with van der Waals surface area (Å²) < 4.78 is 26.0. The van der Waals surface area contributed by atoms with Crippen molar-refractivity contribution >= 4 is 27.2 Å². The fraction of sp³-hybridized carbons (Fsp3) is 0.419. The van der Waals surface area contributed by atoms with E-state index in [1.54, 1.807) is 13.1 Å². The lowest BCUT2D eigenvalue weighted by Crippen LogP contribution is -2.54. The molecule has 12 heteroatoms. The first-order valence-electron chi connectivity index (χ1n) is 15.0. The van der Waals surface area contributed by atoms with Gasteiger partial charge in [-0.15, -0.1) is 10.2 Å². The Morgan fingerprint density at radius 1 is 0.884 bits per heavy atom. The van der Waals surface area contributed by atoms with Crippen LogP contribution in [0.15, 0.2) is 66.9 Å². The highest BCUT2D eigenvalue weighted by atomic mass is 32.2. The molecule has 0 spiro atoms. The van der Waals surface area contributed by atoms with Crippen LogP contribution in [0.25, 0.3) is 22.5 Å². The summed E-state index contributed by atoms with van der Waals surface area (Å²) in [7, 11) is -1.57. The van der Waals surface area contributed by atoms with Gasteiger partial charge in [-0.05, 0) is 90.6 Å². The number of sulfonamides is 1. The number of benzene rings is 2. The zero-order valence-corrected chi connectivity index (χ0v) is 25.5. The number of anilines is 3. The van der Waals surface area contributed by atoms with Gasteiger partial charge in [0.2, 0.25) is 15.8 Å². The lowest BCUT2D eigenvalue weighted by atomic mass is 9.89. The van der Waals surface area contributed by atoms with Crippen molar-refractivity contribution in [2.24, 2.45) is 7.05 Å². The molecule has 3 N–H and O–H groups in total. The summed E-state index contributed by atoms with van der Waals surface area (Å²) >= 11 is 0. The number of hydrogen-bond donors (Lipinski definition) is 3. The van der Waals surface area contributed by atoms with Crippen LogP contribution in [0.4, 0.5) is 17.2 Å². The second kappa shape index (κ2) is 12.7. The third-order valence-corrected chi connectivity index (χ3v) is 8.83. The van der Waals surface area contributed by atoms with Gasteiger partial charge in [0.05, 0.1) is 13.3 Å². The number of aryl methyl sites for hydroxylation is 1. The van der Waals surface area contributed by atoms with Crippen molar-refractivity contribution in [3.8, 4) is 22.5 Å². The Labute approximate surface area is 253 Å². The minimum Gasteiger partial charge on any atom is -0.370 e. The van der Waals surface area contributed by atoms with Crippen molar-refractivity contribution in [3.63, 3.8) is 0 Å². The molecule has 1 saturated heterocycles. The maximum atomic E-state index is 11.7. The molecular formula is C31H39N9O2S. The molecular weight excluding hydrogens is 562 g/mol. The average Bonchev–Trinajstić information content (AvgIpc) is 3.44. The van der Waals surface area contributed by atoms with E-state index in [9.17, 15) is 8.42 Å². The second-order valence-corrected chi connectivity index (χ2v) is 13.4. The third kappa shape index (κ3) is 7.49. The molecule has 1 saturated carbocycles. The van der Waals surface area contributed by atoms with E-state index in [2.05, 4.69) is 64.9 Å². The minimum absolute atomic E-state index is 0.281. The lowest BCUT2D eigenvalue weighted by molar-refractivity contribution is 0.293. The van der Waals surface area contributed by atoms with Gasteiger partial charge >= 0.3 is 0 Å². The normalized spacial score (nSPS) is 21.0. The van der Waals surface area contributed by atoms with Crippen molar-refractivity contribution in [2.45, 2.75) is 56.7 Å². The number of pyridine rings is 1. The van der Waals surface area contributed by atoms with Crippen LogP contribution in [0.3, 0.4) is 0 Å². The molecule has 6 rings (SSSR count). The molecule has 226 valence electrons. The molecule has 2 fully saturated rings. The van der Waals surface area contributed by atoms with Gasteiger partial charge in [-0.1, -0.05) is 25.0 Å². The van der Waals surface area contributed by atoms with E-state index < -0.39 is 10.0 Å². The van der Waals surface area contributed by atoms with Crippen LogP contribution < -0.4 is 20.3 Å². The van der Waals surface area contributed by atoms with E-state index in [4.69, 9.17) is 0 Å². The number of nitrogens with one attached hydrogen (secondary N) is 3. The predicted octanol–water partition coefficient (Wildman–Crippen LogP) is 4.29. The monoisotopic (exact) mass is 601 g/mol. The molecule has 11 nitrogen and oxygen atoms in total. The van der Waals surface area contributed by atoms with Gasteiger partial charge in [-0.2, -0.15) is 4.80 Å². The molecule has 3 atom stereocenters. The Morgan fingerprint density at radius 3 is 2.44 bits per heavy atom. The molecule has 0 radical (unpaired) electrons. The zero-order chi connectivity index (χ0) is 29.8. The average molecular weight is 602 g/mol. The van der Waals surface area contributed by atoms with Crippen LogP contribution in [0.5, 0.6) is 0 Å². The smallest absolute Gasteiger partial charge is 0.229 e. The number of nitrogens with zero attached hydrogens (tertiary/aromatic N) is 6. The van der Waals surface area contributed by atoms with E-state index in [-0.39, 0.29) is 6.04 Å². The number of rotatable bonds is 9. The molecule has 4 aromatic rings. The van der Waals surface area contributed by atoms with E-state index in [0.29, 0.717) is 23.6 Å². The first-order chi connectivity index (χ1) is 20.8. The van der Waals surface area contributed by atoms with Crippen molar-refractivity contribution in [1.82, 2.24) is 30.5 Å².